The zero-order chi connectivity index (χ0) is 34.8. The fraction of sp³-hybridized carbons (Fsp3) is 0.281. The summed E-state index contributed by atoms with van der Waals surface area (Å²) in [5.41, 5.74) is 5.13. The lowest BCUT2D eigenvalue weighted by Gasteiger charge is -2.28. The number of nitro benzene ring substituents is 1. The van der Waals surface area contributed by atoms with Crippen molar-refractivity contribution in [3.63, 3.8) is 0 Å². The van der Waals surface area contributed by atoms with Crippen LogP contribution in [0.15, 0.2) is 75.4 Å². The first-order valence-electron chi connectivity index (χ1n) is 14.5. The van der Waals surface area contributed by atoms with Gasteiger partial charge in [-0.1, -0.05) is 6.07 Å². The van der Waals surface area contributed by atoms with E-state index in [-0.39, 0.29) is 24.5 Å². The van der Waals surface area contributed by atoms with Crippen molar-refractivity contribution in [2.24, 2.45) is 5.10 Å². The predicted octanol–water partition coefficient (Wildman–Crippen LogP) is 4.47. The van der Waals surface area contributed by atoms with E-state index < -0.39 is 29.2 Å². The average molecular weight is 729 g/mol. The van der Waals surface area contributed by atoms with Crippen LogP contribution in [0.2, 0.25) is 0 Å². The van der Waals surface area contributed by atoms with Crippen molar-refractivity contribution in [3.05, 3.63) is 97.1 Å². The minimum atomic E-state index is -1.21. The van der Waals surface area contributed by atoms with E-state index in [0.29, 0.717) is 50.9 Å². The molecule has 0 spiro atoms. The number of halogens is 1. The number of ether oxygens (including phenoxy) is 5. The highest BCUT2D eigenvalue weighted by atomic mass is 79.9. The molecule has 0 saturated heterocycles. The molecule has 254 valence electrons. The first kappa shape index (κ1) is 35.5. The van der Waals surface area contributed by atoms with Crippen LogP contribution < -0.4 is 35.0 Å². The summed E-state index contributed by atoms with van der Waals surface area (Å²) < 4.78 is 28.4. The van der Waals surface area contributed by atoms with Gasteiger partial charge >= 0.3 is 12.0 Å². The van der Waals surface area contributed by atoms with Crippen LogP contribution >= 0.6 is 15.9 Å². The van der Waals surface area contributed by atoms with Crippen molar-refractivity contribution in [1.29, 1.82) is 0 Å². The molecule has 0 fully saturated rings. The van der Waals surface area contributed by atoms with Gasteiger partial charge in [-0.25, -0.2) is 9.59 Å². The van der Waals surface area contributed by atoms with Gasteiger partial charge in [-0.15, -0.1) is 0 Å². The Morgan fingerprint density at radius 1 is 1.08 bits per heavy atom. The second-order valence-corrected chi connectivity index (χ2v) is 11.0. The van der Waals surface area contributed by atoms with Gasteiger partial charge in [0.05, 0.1) is 43.6 Å². The number of hydrazone groups is 1. The molecule has 4 N–H and O–H groups in total. The number of esters is 1. The summed E-state index contributed by atoms with van der Waals surface area (Å²) in [5.74, 6) is 0.931. The molecule has 0 saturated carbocycles. The van der Waals surface area contributed by atoms with Gasteiger partial charge in [-0.2, -0.15) is 5.10 Å². The molecule has 1 aliphatic rings. The number of methoxy groups -OCH3 is 2. The number of nitrogens with one attached hydrogen (secondary N) is 3. The smallest absolute Gasteiger partial charge is 0.337 e. The first-order valence-corrected chi connectivity index (χ1v) is 15.3. The molecule has 0 aromatic heterocycles. The molecule has 0 bridgehead atoms. The van der Waals surface area contributed by atoms with Gasteiger partial charge in [0.15, 0.2) is 29.2 Å². The Balaban J connectivity index is 1.38. The Bertz CT molecular complexity index is 1710. The summed E-state index contributed by atoms with van der Waals surface area (Å²) in [4.78, 5) is 35.0. The highest BCUT2D eigenvalue weighted by molar-refractivity contribution is 9.10. The zero-order valence-electron chi connectivity index (χ0n) is 26.4. The number of aliphatic hydroxyl groups excluding tert-OH is 1. The third kappa shape index (κ3) is 8.92. The number of carbonyl (C=O) groups is 2. The first-order chi connectivity index (χ1) is 23.0. The van der Waals surface area contributed by atoms with Crippen molar-refractivity contribution < 1.29 is 43.3 Å². The maximum atomic E-state index is 12.5. The van der Waals surface area contributed by atoms with E-state index in [9.17, 15) is 24.8 Å². The topological polar surface area (TPSA) is 192 Å². The molecule has 16 heteroatoms. The maximum absolute atomic E-state index is 12.5. The molecule has 15 nitrogen and oxygen atoms in total. The number of urea groups is 1. The minimum Gasteiger partial charge on any atom is -0.493 e. The Morgan fingerprint density at radius 3 is 2.48 bits per heavy atom. The zero-order valence-corrected chi connectivity index (χ0v) is 28.0. The molecule has 1 aliphatic heterocycles. The van der Waals surface area contributed by atoms with Gasteiger partial charge in [0.2, 0.25) is 0 Å². The quantitative estimate of drug-likeness (QED) is 0.0568. The van der Waals surface area contributed by atoms with Gasteiger partial charge in [0, 0.05) is 27.9 Å². The van der Waals surface area contributed by atoms with Crippen molar-refractivity contribution in [2.75, 3.05) is 27.4 Å². The van der Waals surface area contributed by atoms with E-state index in [4.69, 9.17) is 23.7 Å². The van der Waals surface area contributed by atoms with Crippen LogP contribution in [0.25, 0.3) is 0 Å². The van der Waals surface area contributed by atoms with E-state index >= 15 is 0 Å². The minimum absolute atomic E-state index is 0.00742. The third-order valence-corrected chi connectivity index (χ3v) is 7.61. The van der Waals surface area contributed by atoms with Gasteiger partial charge in [-0.05, 0) is 77.3 Å². The lowest BCUT2D eigenvalue weighted by Crippen LogP contribution is -2.45. The Hall–Kier alpha value is -5.35. The summed E-state index contributed by atoms with van der Waals surface area (Å²) >= 11 is 3.48. The lowest BCUT2D eigenvalue weighted by atomic mass is 9.95. The molecule has 3 aromatic carbocycles. The number of benzene rings is 3. The Labute approximate surface area is 284 Å². The largest absolute Gasteiger partial charge is 0.493 e. The SMILES string of the molecule is CCOc1cc([C@H]2NC(=O)NC(C)=C2C(=O)OC)ccc1OC[C@@H](O)N/N=C\c1cc(OC)c(OCc2ccc([N+](=O)[O-])cc2)cc1Br. The fourth-order valence-electron chi connectivity index (χ4n) is 4.61. The van der Waals surface area contributed by atoms with Crippen LogP contribution in [0, 0.1) is 10.1 Å². The predicted molar refractivity (Wildman–Crippen MR) is 177 cm³/mol. The van der Waals surface area contributed by atoms with Gasteiger partial charge in [-0.3, -0.25) is 15.5 Å². The number of aliphatic hydroxyl groups is 1. The average Bonchev–Trinajstić information content (AvgIpc) is 3.07. The van der Waals surface area contributed by atoms with Gasteiger partial charge in [0.1, 0.15) is 13.2 Å². The van der Waals surface area contributed by atoms with E-state index in [1.807, 2.05) is 0 Å². The summed E-state index contributed by atoms with van der Waals surface area (Å²) in [6.45, 7) is 3.67. The summed E-state index contributed by atoms with van der Waals surface area (Å²) in [7, 11) is 2.75. The van der Waals surface area contributed by atoms with Crippen LogP contribution in [0.1, 0.15) is 36.6 Å². The van der Waals surface area contributed by atoms with Crippen molar-refractivity contribution >= 4 is 39.8 Å². The van der Waals surface area contributed by atoms with Gasteiger partial charge < -0.3 is 39.4 Å². The van der Waals surface area contributed by atoms with E-state index in [1.54, 1.807) is 56.3 Å². The molecule has 3 aromatic rings. The van der Waals surface area contributed by atoms with Crippen LogP contribution in [0.4, 0.5) is 10.5 Å². The van der Waals surface area contributed by atoms with Crippen molar-refractivity contribution in [1.82, 2.24) is 16.1 Å². The van der Waals surface area contributed by atoms with Crippen LogP contribution in [-0.4, -0.2) is 61.9 Å². The number of allylic oxidation sites excluding steroid dienone is 1. The highest BCUT2D eigenvalue weighted by Crippen LogP contribution is 2.35. The Morgan fingerprint density at radius 2 is 1.81 bits per heavy atom. The van der Waals surface area contributed by atoms with Gasteiger partial charge in [0.25, 0.3) is 5.69 Å². The van der Waals surface area contributed by atoms with Crippen LogP contribution in [0.3, 0.4) is 0 Å². The summed E-state index contributed by atoms with van der Waals surface area (Å²) in [6.07, 6.45) is 0.263. The summed E-state index contributed by atoms with van der Waals surface area (Å²) in [5, 5.41) is 30.8. The molecule has 2 atom stereocenters. The molecule has 1 heterocycles. The monoisotopic (exact) mass is 727 g/mol. The molecule has 2 amide bonds. The molecule has 0 unspecified atom stereocenters. The normalized spacial score (nSPS) is 14.9. The standard InChI is InChI=1S/C32H34BrN5O10/c1-5-46-26-12-20(30-29(31(40)45-4)18(2)35-32(41)36-30)8-11-24(26)48-17-28(39)37-34-15-21-13-25(44-3)27(14-23(21)33)47-16-19-6-9-22(10-7-19)38(42)43/h6-15,28,30,37,39H,5,16-17H2,1-4H3,(H2,35,36,41)/b34-15-/t28-,30-/m1/s1. The highest BCUT2D eigenvalue weighted by Gasteiger charge is 2.32. The second-order valence-electron chi connectivity index (χ2n) is 10.2. The van der Waals surface area contributed by atoms with E-state index in [0.717, 1.165) is 5.56 Å². The lowest BCUT2D eigenvalue weighted by molar-refractivity contribution is -0.384. The number of amides is 2. The molecule has 0 aliphatic carbocycles. The van der Waals surface area contributed by atoms with E-state index in [1.165, 1.54) is 32.6 Å². The fourth-order valence-corrected chi connectivity index (χ4v) is 5.04. The number of rotatable bonds is 15. The third-order valence-electron chi connectivity index (χ3n) is 6.92. The maximum Gasteiger partial charge on any atom is 0.337 e. The number of nitrogens with zero attached hydrogens (tertiary/aromatic N) is 2. The number of carbonyl (C=O) groups excluding carboxylic acids is 2. The molecular weight excluding hydrogens is 694 g/mol. The Kier molecular flexibility index (Phi) is 12.2. The number of hydrogen-bond donors (Lipinski definition) is 4. The van der Waals surface area contributed by atoms with E-state index in [2.05, 4.69) is 37.1 Å². The molecule has 4 rings (SSSR count). The number of hydrogen-bond acceptors (Lipinski definition) is 12. The van der Waals surface area contributed by atoms with Crippen molar-refractivity contribution in [2.45, 2.75) is 32.7 Å². The van der Waals surface area contributed by atoms with Crippen LogP contribution in [0.5, 0.6) is 23.0 Å². The molecule has 0 radical (unpaired) electrons. The second kappa shape index (κ2) is 16.5. The number of nitro groups is 1. The molecule has 48 heavy (non-hydrogen) atoms. The summed E-state index contributed by atoms with van der Waals surface area (Å²) in [6, 6.07) is 13.1. The van der Waals surface area contributed by atoms with Crippen molar-refractivity contribution in [3.8, 4) is 23.0 Å². The number of non-ortho nitro benzene ring substituents is 1. The molecular formula is C32H34BrN5O10. The van der Waals surface area contributed by atoms with Crippen LogP contribution in [-0.2, 0) is 16.1 Å².